The topological polar surface area (TPSA) is 70.1 Å². The molecule has 22 heavy (non-hydrogen) atoms. The fraction of sp³-hybridized carbons (Fsp3) is 0.412. The Labute approximate surface area is 130 Å². The number of hydrogen-bond acceptors (Lipinski definition) is 4. The first-order valence-electron chi connectivity index (χ1n) is 7.33. The van der Waals surface area contributed by atoms with Crippen LogP contribution in [0.5, 0.6) is 5.75 Å². The summed E-state index contributed by atoms with van der Waals surface area (Å²) in [5.74, 6) is 0.808. The van der Waals surface area contributed by atoms with Crippen molar-refractivity contribution in [1.29, 1.82) is 0 Å². The van der Waals surface area contributed by atoms with Crippen LogP contribution >= 0.6 is 0 Å². The minimum Gasteiger partial charge on any atom is -0.491 e. The first-order valence-corrected chi connectivity index (χ1v) is 7.33. The molecule has 1 aromatic carbocycles. The molecule has 2 rings (SSSR count). The van der Waals surface area contributed by atoms with Crippen molar-refractivity contribution in [2.75, 3.05) is 0 Å². The maximum absolute atomic E-state index is 12.2. The molecule has 0 radical (unpaired) electrons. The molecule has 0 aliphatic rings. The van der Waals surface area contributed by atoms with Crippen molar-refractivity contribution in [2.24, 2.45) is 12.8 Å². The van der Waals surface area contributed by atoms with Crippen LogP contribution < -0.4 is 16.0 Å². The molecule has 1 heterocycles. The first-order chi connectivity index (χ1) is 10.2. The molecule has 2 aromatic rings. The van der Waals surface area contributed by atoms with Crippen LogP contribution in [0.3, 0.4) is 0 Å². The lowest BCUT2D eigenvalue weighted by molar-refractivity contribution is 0.242. The largest absolute Gasteiger partial charge is 0.491 e. The van der Waals surface area contributed by atoms with E-state index in [9.17, 15) is 4.79 Å². The third-order valence-electron chi connectivity index (χ3n) is 3.28. The van der Waals surface area contributed by atoms with Gasteiger partial charge < -0.3 is 10.5 Å². The molecular formula is C17H23N3O2. The first kappa shape index (κ1) is 16.2. The van der Waals surface area contributed by atoms with Crippen molar-refractivity contribution in [2.45, 2.75) is 39.3 Å². The quantitative estimate of drug-likeness (QED) is 0.941. The monoisotopic (exact) mass is 301 g/mol. The molecule has 0 saturated heterocycles. The van der Waals surface area contributed by atoms with Gasteiger partial charge in [0.25, 0.3) is 5.56 Å². The second-order valence-corrected chi connectivity index (χ2v) is 6.28. The number of nitrogens with zero attached hydrogens (tertiary/aromatic N) is 2. The number of rotatable bonds is 4. The molecule has 0 spiro atoms. The number of nitrogens with two attached hydrogens (primary N) is 1. The summed E-state index contributed by atoms with van der Waals surface area (Å²) in [5.41, 5.74) is 7.38. The summed E-state index contributed by atoms with van der Waals surface area (Å²) in [6, 6.07) is 9.42. The second kappa shape index (κ2) is 5.93. The van der Waals surface area contributed by atoms with Crippen molar-refractivity contribution in [3.05, 3.63) is 46.2 Å². The van der Waals surface area contributed by atoms with Crippen LogP contribution in [0.2, 0.25) is 0 Å². The van der Waals surface area contributed by atoms with Gasteiger partial charge >= 0.3 is 0 Å². The zero-order valence-corrected chi connectivity index (χ0v) is 13.8. The lowest BCUT2D eigenvalue weighted by Gasteiger charge is -2.19. The van der Waals surface area contributed by atoms with Crippen molar-refractivity contribution in [3.63, 3.8) is 0 Å². The zero-order valence-electron chi connectivity index (χ0n) is 13.8. The standard InChI is InChI=1S/C17H23N3O2/c1-11(2)22-13-8-6-12(7-9-13)15-10-14(17(3,4)18)16(21)20(5)19-15/h6-11H,18H2,1-5H3. The van der Waals surface area contributed by atoms with Gasteiger partial charge in [-0.1, -0.05) is 0 Å². The van der Waals surface area contributed by atoms with Crippen molar-refractivity contribution in [1.82, 2.24) is 9.78 Å². The molecule has 0 bridgehead atoms. The van der Waals surface area contributed by atoms with E-state index < -0.39 is 5.54 Å². The summed E-state index contributed by atoms with van der Waals surface area (Å²) in [6.07, 6.45) is 0.131. The van der Waals surface area contributed by atoms with E-state index in [1.165, 1.54) is 4.68 Å². The van der Waals surface area contributed by atoms with E-state index in [4.69, 9.17) is 10.5 Å². The van der Waals surface area contributed by atoms with Crippen LogP contribution in [0.1, 0.15) is 33.3 Å². The molecule has 1 aromatic heterocycles. The average Bonchev–Trinajstić information content (AvgIpc) is 2.40. The van der Waals surface area contributed by atoms with Crippen LogP contribution in [-0.4, -0.2) is 15.9 Å². The number of ether oxygens (including phenoxy) is 1. The third kappa shape index (κ3) is 3.54. The lowest BCUT2D eigenvalue weighted by Crippen LogP contribution is -2.38. The summed E-state index contributed by atoms with van der Waals surface area (Å²) in [7, 11) is 1.64. The fourth-order valence-electron chi connectivity index (χ4n) is 2.19. The Hall–Kier alpha value is -2.14. The maximum atomic E-state index is 12.2. The fourth-order valence-corrected chi connectivity index (χ4v) is 2.19. The molecule has 0 saturated carbocycles. The van der Waals surface area contributed by atoms with E-state index in [-0.39, 0.29) is 11.7 Å². The van der Waals surface area contributed by atoms with E-state index in [1.54, 1.807) is 13.1 Å². The molecule has 5 nitrogen and oxygen atoms in total. The Kier molecular flexibility index (Phi) is 4.37. The van der Waals surface area contributed by atoms with Gasteiger partial charge in [-0.05, 0) is 58.0 Å². The molecule has 0 aliphatic heterocycles. The Morgan fingerprint density at radius 1 is 1.23 bits per heavy atom. The van der Waals surface area contributed by atoms with E-state index in [2.05, 4.69) is 5.10 Å². The number of benzene rings is 1. The Morgan fingerprint density at radius 3 is 2.32 bits per heavy atom. The van der Waals surface area contributed by atoms with Crippen LogP contribution in [0, 0.1) is 0 Å². The normalized spacial score (nSPS) is 11.8. The van der Waals surface area contributed by atoms with Gasteiger partial charge in [-0.15, -0.1) is 0 Å². The van der Waals surface area contributed by atoms with Gasteiger partial charge in [0, 0.05) is 23.7 Å². The van der Waals surface area contributed by atoms with Crippen molar-refractivity contribution >= 4 is 0 Å². The highest BCUT2D eigenvalue weighted by molar-refractivity contribution is 5.60. The summed E-state index contributed by atoms with van der Waals surface area (Å²) in [4.78, 5) is 12.2. The summed E-state index contributed by atoms with van der Waals surface area (Å²) < 4.78 is 6.96. The van der Waals surface area contributed by atoms with Crippen LogP contribution in [0.4, 0.5) is 0 Å². The third-order valence-corrected chi connectivity index (χ3v) is 3.28. The van der Waals surface area contributed by atoms with Gasteiger partial charge in [0.2, 0.25) is 0 Å². The van der Waals surface area contributed by atoms with Gasteiger partial charge in [0.05, 0.1) is 11.8 Å². The Bertz CT molecular complexity index is 710. The predicted octanol–water partition coefficient (Wildman–Crippen LogP) is 2.43. The minimum atomic E-state index is -0.715. The molecule has 5 heteroatoms. The van der Waals surface area contributed by atoms with Gasteiger partial charge in [-0.2, -0.15) is 5.10 Å². The maximum Gasteiger partial charge on any atom is 0.271 e. The van der Waals surface area contributed by atoms with E-state index in [0.717, 1.165) is 11.3 Å². The van der Waals surface area contributed by atoms with Gasteiger partial charge in [-0.25, -0.2) is 4.68 Å². The molecule has 118 valence electrons. The van der Waals surface area contributed by atoms with Crippen LogP contribution in [0.15, 0.2) is 35.1 Å². The van der Waals surface area contributed by atoms with Crippen LogP contribution in [-0.2, 0) is 12.6 Å². The van der Waals surface area contributed by atoms with E-state index in [0.29, 0.717) is 11.3 Å². The molecule has 0 fully saturated rings. The molecular weight excluding hydrogens is 278 g/mol. The Balaban J connectivity index is 2.45. The van der Waals surface area contributed by atoms with Gasteiger partial charge in [0.15, 0.2) is 0 Å². The summed E-state index contributed by atoms with van der Waals surface area (Å²) in [6.45, 7) is 7.59. The zero-order chi connectivity index (χ0) is 16.5. The van der Waals surface area contributed by atoms with Crippen LogP contribution in [0.25, 0.3) is 11.3 Å². The number of aromatic nitrogens is 2. The van der Waals surface area contributed by atoms with Crippen molar-refractivity contribution in [3.8, 4) is 17.0 Å². The smallest absolute Gasteiger partial charge is 0.271 e. The molecule has 0 amide bonds. The second-order valence-electron chi connectivity index (χ2n) is 6.28. The summed E-state index contributed by atoms with van der Waals surface area (Å²) >= 11 is 0. The average molecular weight is 301 g/mol. The highest BCUT2D eigenvalue weighted by atomic mass is 16.5. The van der Waals surface area contributed by atoms with E-state index in [1.807, 2.05) is 52.0 Å². The number of hydrogen-bond donors (Lipinski definition) is 1. The molecule has 0 aliphatic carbocycles. The molecule has 0 unspecified atom stereocenters. The highest BCUT2D eigenvalue weighted by Gasteiger charge is 2.20. The van der Waals surface area contributed by atoms with Gasteiger partial charge in [-0.3, -0.25) is 4.79 Å². The van der Waals surface area contributed by atoms with Gasteiger partial charge in [0.1, 0.15) is 5.75 Å². The minimum absolute atomic E-state index is 0.131. The molecule has 2 N–H and O–H groups in total. The highest BCUT2D eigenvalue weighted by Crippen LogP contribution is 2.23. The molecule has 0 atom stereocenters. The SMILES string of the molecule is CC(C)Oc1ccc(-c2cc(C(C)(C)N)c(=O)n(C)n2)cc1. The summed E-state index contributed by atoms with van der Waals surface area (Å²) in [5, 5.41) is 4.32. The Morgan fingerprint density at radius 2 is 1.82 bits per heavy atom. The predicted molar refractivity (Wildman–Crippen MR) is 87.9 cm³/mol. The van der Waals surface area contributed by atoms with Crippen molar-refractivity contribution < 1.29 is 4.74 Å². The number of aryl methyl sites for hydroxylation is 1. The lowest BCUT2D eigenvalue weighted by atomic mass is 9.96. The van der Waals surface area contributed by atoms with E-state index >= 15 is 0 Å².